The van der Waals surface area contributed by atoms with Crippen molar-refractivity contribution in [2.75, 3.05) is 7.11 Å². The van der Waals surface area contributed by atoms with Crippen molar-refractivity contribution in [1.29, 1.82) is 0 Å². The number of ether oxygens (including phenoxy) is 1. The zero-order chi connectivity index (χ0) is 13.1. The van der Waals surface area contributed by atoms with Crippen molar-refractivity contribution in [3.05, 3.63) is 46.7 Å². The predicted molar refractivity (Wildman–Crippen MR) is 65.9 cm³/mol. The van der Waals surface area contributed by atoms with Gasteiger partial charge in [0.1, 0.15) is 5.76 Å². The Morgan fingerprint density at radius 2 is 2.11 bits per heavy atom. The van der Waals surface area contributed by atoms with Gasteiger partial charge in [0.2, 0.25) is 0 Å². The van der Waals surface area contributed by atoms with Crippen LogP contribution in [0.25, 0.3) is 11.3 Å². The predicted octanol–water partition coefficient (Wildman–Crippen LogP) is 3.20. The van der Waals surface area contributed by atoms with Crippen LogP contribution in [0.3, 0.4) is 0 Å². The van der Waals surface area contributed by atoms with Crippen molar-refractivity contribution in [1.82, 2.24) is 0 Å². The summed E-state index contributed by atoms with van der Waals surface area (Å²) in [6.45, 7) is 0. The second kappa shape index (κ2) is 5.06. The van der Waals surface area contributed by atoms with Gasteiger partial charge in [0.15, 0.2) is 12.0 Å². The summed E-state index contributed by atoms with van der Waals surface area (Å²) in [6.07, 6.45) is 0.589. The van der Waals surface area contributed by atoms with E-state index in [9.17, 15) is 9.59 Å². The molecule has 0 fully saturated rings. The minimum Gasteiger partial charge on any atom is -0.465 e. The lowest BCUT2D eigenvalue weighted by Crippen LogP contribution is -2.04. The minimum absolute atomic E-state index is 0.181. The maximum absolute atomic E-state index is 11.7. The third-order valence-corrected chi connectivity index (χ3v) is 2.73. The van der Waals surface area contributed by atoms with Crippen LogP contribution in [-0.4, -0.2) is 19.4 Å². The van der Waals surface area contributed by atoms with E-state index in [0.29, 0.717) is 17.6 Å². The normalized spacial score (nSPS) is 10.1. The molecule has 0 amide bonds. The van der Waals surface area contributed by atoms with Gasteiger partial charge in [0.05, 0.1) is 17.7 Å². The summed E-state index contributed by atoms with van der Waals surface area (Å²) in [5, 5.41) is 0.267. The Morgan fingerprint density at radius 3 is 2.72 bits per heavy atom. The number of carbonyl (C=O) groups excluding carboxylic acids is 2. The number of esters is 1. The summed E-state index contributed by atoms with van der Waals surface area (Å²) in [5.41, 5.74) is 0.705. The van der Waals surface area contributed by atoms with Crippen molar-refractivity contribution in [2.24, 2.45) is 0 Å². The summed E-state index contributed by atoms with van der Waals surface area (Å²) in [6, 6.07) is 8.06. The van der Waals surface area contributed by atoms with Crippen molar-refractivity contribution >= 4 is 23.9 Å². The first-order valence-electron chi connectivity index (χ1n) is 5.09. The van der Waals surface area contributed by atoms with Crippen LogP contribution in [0.1, 0.15) is 20.9 Å². The summed E-state index contributed by atoms with van der Waals surface area (Å²) in [5.74, 6) is 0.0143. The van der Waals surface area contributed by atoms with E-state index < -0.39 is 5.97 Å². The zero-order valence-electron chi connectivity index (χ0n) is 9.48. The molecule has 0 N–H and O–H groups in total. The summed E-state index contributed by atoms with van der Waals surface area (Å²) in [7, 11) is 1.27. The van der Waals surface area contributed by atoms with E-state index in [0.717, 1.165) is 0 Å². The van der Waals surface area contributed by atoms with Gasteiger partial charge in [-0.3, -0.25) is 4.79 Å². The highest BCUT2D eigenvalue weighted by Crippen LogP contribution is 2.30. The monoisotopic (exact) mass is 264 g/mol. The first kappa shape index (κ1) is 12.4. The second-order valence-corrected chi connectivity index (χ2v) is 3.88. The van der Waals surface area contributed by atoms with E-state index in [1.54, 1.807) is 24.3 Å². The van der Waals surface area contributed by atoms with Crippen LogP contribution in [0.5, 0.6) is 0 Å². The number of furan rings is 1. The molecule has 1 aromatic carbocycles. The molecule has 0 spiro atoms. The maximum Gasteiger partial charge on any atom is 0.340 e. The molecule has 2 rings (SSSR count). The second-order valence-electron chi connectivity index (χ2n) is 3.47. The van der Waals surface area contributed by atoms with Crippen LogP contribution in [0, 0.1) is 0 Å². The number of benzene rings is 1. The van der Waals surface area contributed by atoms with Gasteiger partial charge < -0.3 is 9.15 Å². The summed E-state index contributed by atoms with van der Waals surface area (Å²) < 4.78 is 9.95. The van der Waals surface area contributed by atoms with E-state index in [1.807, 2.05) is 0 Å². The van der Waals surface area contributed by atoms with Crippen molar-refractivity contribution < 1.29 is 18.7 Å². The summed E-state index contributed by atoms with van der Waals surface area (Å²) >= 11 is 5.98. The third-order valence-electron chi connectivity index (χ3n) is 2.41. The molecule has 0 radical (unpaired) electrons. The molecule has 18 heavy (non-hydrogen) atoms. The molecule has 0 aliphatic rings. The fraction of sp³-hybridized carbons (Fsp3) is 0.0769. The number of hydrogen-bond acceptors (Lipinski definition) is 4. The van der Waals surface area contributed by atoms with E-state index in [-0.39, 0.29) is 16.3 Å². The molecule has 0 aliphatic heterocycles. The quantitative estimate of drug-likeness (QED) is 0.631. The molecule has 2 aromatic rings. The molecule has 4 nitrogen and oxygen atoms in total. The van der Waals surface area contributed by atoms with Gasteiger partial charge in [-0.25, -0.2) is 4.79 Å². The number of aldehydes is 1. The Hall–Kier alpha value is -2.07. The van der Waals surface area contributed by atoms with Gasteiger partial charge in [-0.1, -0.05) is 23.7 Å². The SMILES string of the molecule is COC(=O)c1c(Cl)cccc1-c1ccc(C=O)o1. The Balaban J connectivity index is 2.59. The zero-order valence-corrected chi connectivity index (χ0v) is 10.2. The number of halogens is 1. The molecule has 5 heteroatoms. The molecular formula is C13H9ClO4. The third kappa shape index (κ3) is 2.15. The van der Waals surface area contributed by atoms with Crippen LogP contribution < -0.4 is 0 Å². The van der Waals surface area contributed by atoms with Crippen molar-refractivity contribution in [3.63, 3.8) is 0 Å². The highest BCUT2D eigenvalue weighted by Gasteiger charge is 2.19. The fourth-order valence-electron chi connectivity index (χ4n) is 1.60. The number of rotatable bonds is 3. The molecule has 0 bridgehead atoms. The summed E-state index contributed by atoms with van der Waals surface area (Å²) in [4.78, 5) is 22.3. The maximum atomic E-state index is 11.7. The van der Waals surface area contributed by atoms with Gasteiger partial charge in [0, 0.05) is 5.56 Å². The van der Waals surface area contributed by atoms with E-state index in [2.05, 4.69) is 4.74 Å². The highest BCUT2D eigenvalue weighted by molar-refractivity contribution is 6.34. The Kier molecular flexibility index (Phi) is 3.48. The average molecular weight is 265 g/mol. The first-order chi connectivity index (χ1) is 8.67. The molecule has 1 aromatic heterocycles. The molecule has 0 unspecified atom stereocenters. The van der Waals surface area contributed by atoms with Crippen LogP contribution >= 0.6 is 11.6 Å². The fourth-order valence-corrected chi connectivity index (χ4v) is 1.85. The van der Waals surface area contributed by atoms with Crippen molar-refractivity contribution in [2.45, 2.75) is 0 Å². The van der Waals surface area contributed by atoms with Gasteiger partial charge in [-0.15, -0.1) is 0 Å². The largest absolute Gasteiger partial charge is 0.465 e. The molecular weight excluding hydrogens is 256 g/mol. The standard InChI is InChI=1S/C13H9ClO4/c1-17-13(16)12-9(3-2-4-10(12)14)11-6-5-8(7-15)18-11/h2-7H,1H3. The average Bonchev–Trinajstić information content (AvgIpc) is 2.86. The van der Waals surface area contributed by atoms with Gasteiger partial charge >= 0.3 is 5.97 Å². The molecule has 0 saturated carbocycles. The lowest BCUT2D eigenvalue weighted by atomic mass is 10.1. The van der Waals surface area contributed by atoms with E-state index in [1.165, 1.54) is 13.2 Å². The Labute approximate surface area is 108 Å². The van der Waals surface area contributed by atoms with Crippen LogP contribution in [0.15, 0.2) is 34.7 Å². The Morgan fingerprint density at radius 1 is 1.33 bits per heavy atom. The number of hydrogen-bond donors (Lipinski definition) is 0. The molecule has 1 heterocycles. The van der Waals surface area contributed by atoms with Gasteiger partial charge in [0.25, 0.3) is 0 Å². The minimum atomic E-state index is -0.556. The van der Waals surface area contributed by atoms with Crippen molar-refractivity contribution in [3.8, 4) is 11.3 Å². The van der Waals surface area contributed by atoms with E-state index >= 15 is 0 Å². The van der Waals surface area contributed by atoms with E-state index in [4.69, 9.17) is 16.0 Å². The molecule has 0 aliphatic carbocycles. The topological polar surface area (TPSA) is 56.5 Å². The lowest BCUT2D eigenvalue weighted by Gasteiger charge is -2.07. The van der Waals surface area contributed by atoms with Crippen LogP contribution in [0.2, 0.25) is 5.02 Å². The number of carbonyl (C=O) groups is 2. The van der Waals surface area contributed by atoms with Gasteiger partial charge in [-0.05, 0) is 18.2 Å². The van der Waals surface area contributed by atoms with Crippen LogP contribution in [-0.2, 0) is 4.74 Å². The Bertz CT molecular complexity index is 601. The lowest BCUT2D eigenvalue weighted by molar-refractivity contribution is 0.0601. The van der Waals surface area contributed by atoms with Gasteiger partial charge in [-0.2, -0.15) is 0 Å². The highest BCUT2D eigenvalue weighted by atomic mass is 35.5. The molecule has 0 saturated heterocycles. The molecule has 92 valence electrons. The van der Waals surface area contributed by atoms with Crippen LogP contribution in [0.4, 0.5) is 0 Å². The smallest absolute Gasteiger partial charge is 0.340 e. The molecule has 0 atom stereocenters. The first-order valence-corrected chi connectivity index (χ1v) is 5.47. The number of methoxy groups -OCH3 is 1.